The highest BCUT2D eigenvalue weighted by Crippen LogP contribution is 2.19. The second-order valence-corrected chi connectivity index (χ2v) is 3.26. The molecule has 2 heterocycles. The van der Waals surface area contributed by atoms with E-state index in [9.17, 15) is 0 Å². The molecule has 0 bridgehead atoms. The van der Waals surface area contributed by atoms with Crippen LogP contribution < -0.4 is 0 Å². The summed E-state index contributed by atoms with van der Waals surface area (Å²) in [7, 11) is 0. The molecule has 72 valence electrons. The fourth-order valence-corrected chi connectivity index (χ4v) is 1.58. The summed E-state index contributed by atoms with van der Waals surface area (Å²) in [5, 5.41) is 12.8. The Hall–Kier alpha value is -0.940. The second-order valence-electron chi connectivity index (χ2n) is 3.26. The first-order chi connectivity index (χ1) is 6.38. The molecule has 1 aromatic rings. The fraction of sp³-hybridized carbons (Fsp3) is 0.750. The van der Waals surface area contributed by atoms with E-state index in [0.29, 0.717) is 0 Å². The maximum absolute atomic E-state index is 8.85. The summed E-state index contributed by atoms with van der Waals surface area (Å²) in [4.78, 5) is 3.85. The molecule has 5 nitrogen and oxygen atoms in total. The summed E-state index contributed by atoms with van der Waals surface area (Å²) in [6, 6.07) is 0. The molecule has 0 spiro atoms. The summed E-state index contributed by atoms with van der Waals surface area (Å²) in [5.74, 6) is 0. The lowest BCUT2D eigenvalue weighted by atomic mass is 10.2. The van der Waals surface area contributed by atoms with Crippen LogP contribution in [0.3, 0.4) is 0 Å². The van der Waals surface area contributed by atoms with Gasteiger partial charge in [-0.2, -0.15) is 5.10 Å². The first-order valence-corrected chi connectivity index (χ1v) is 4.47. The molecule has 0 aromatic carbocycles. The molecule has 1 aliphatic rings. The predicted molar refractivity (Wildman–Crippen MR) is 45.0 cm³/mol. The van der Waals surface area contributed by atoms with Gasteiger partial charge < -0.3 is 9.84 Å². The maximum Gasteiger partial charge on any atom is 0.137 e. The van der Waals surface area contributed by atoms with E-state index in [-0.39, 0.29) is 18.8 Å². The third-order valence-electron chi connectivity index (χ3n) is 2.26. The van der Waals surface area contributed by atoms with Crippen LogP contribution in [0.15, 0.2) is 12.7 Å². The van der Waals surface area contributed by atoms with Crippen molar-refractivity contribution >= 4 is 0 Å². The van der Waals surface area contributed by atoms with Gasteiger partial charge in [-0.05, 0) is 12.8 Å². The standard InChI is InChI=1S/C8H13N3O2/c12-4-8-2-1-7(13-8)3-11-6-9-5-10-11/h5-8,12H,1-4H2. The van der Waals surface area contributed by atoms with E-state index in [4.69, 9.17) is 9.84 Å². The van der Waals surface area contributed by atoms with Gasteiger partial charge in [0, 0.05) is 0 Å². The number of hydrogen-bond acceptors (Lipinski definition) is 4. The van der Waals surface area contributed by atoms with E-state index < -0.39 is 0 Å². The molecule has 1 aromatic heterocycles. The Kier molecular flexibility index (Phi) is 2.56. The lowest BCUT2D eigenvalue weighted by Gasteiger charge is -2.11. The molecule has 0 radical (unpaired) electrons. The number of ether oxygens (including phenoxy) is 1. The van der Waals surface area contributed by atoms with Crippen LogP contribution in [-0.2, 0) is 11.3 Å². The van der Waals surface area contributed by atoms with Gasteiger partial charge in [0.1, 0.15) is 12.7 Å². The number of aliphatic hydroxyl groups is 1. The van der Waals surface area contributed by atoms with E-state index in [1.54, 1.807) is 11.0 Å². The first kappa shape index (κ1) is 8.65. The Morgan fingerprint density at radius 1 is 1.46 bits per heavy atom. The molecule has 0 aliphatic carbocycles. The van der Waals surface area contributed by atoms with Crippen LogP contribution in [0.25, 0.3) is 0 Å². The minimum absolute atomic E-state index is 0.0218. The zero-order valence-corrected chi connectivity index (χ0v) is 7.33. The summed E-state index contributed by atoms with van der Waals surface area (Å²) in [5.41, 5.74) is 0. The summed E-state index contributed by atoms with van der Waals surface area (Å²) in [6.07, 6.45) is 5.32. The Morgan fingerprint density at radius 3 is 2.92 bits per heavy atom. The Bertz CT molecular complexity index is 250. The molecule has 1 N–H and O–H groups in total. The van der Waals surface area contributed by atoms with E-state index >= 15 is 0 Å². The van der Waals surface area contributed by atoms with Crippen molar-refractivity contribution in [1.29, 1.82) is 0 Å². The first-order valence-electron chi connectivity index (χ1n) is 4.47. The van der Waals surface area contributed by atoms with Gasteiger partial charge in [0.15, 0.2) is 0 Å². The third-order valence-corrected chi connectivity index (χ3v) is 2.26. The van der Waals surface area contributed by atoms with Crippen molar-refractivity contribution in [1.82, 2.24) is 14.8 Å². The van der Waals surface area contributed by atoms with Crippen molar-refractivity contribution in [2.75, 3.05) is 6.61 Å². The van der Waals surface area contributed by atoms with E-state index in [1.807, 2.05) is 0 Å². The van der Waals surface area contributed by atoms with Crippen molar-refractivity contribution in [3.63, 3.8) is 0 Å². The minimum Gasteiger partial charge on any atom is -0.394 e. The van der Waals surface area contributed by atoms with Crippen LogP contribution in [-0.4, -0.2) is 38.7 Å². The highest BCUT2D eigenvalue weighted by Gasteiger charge is 2.24. The second kappa shape index (κ2) is 3.85. The molecule has 1 saturated heterocycles. The molecular weight excluding hydrogens is 170 g/mol. The summed E-state index contributed by atoms with van der Waals surface area (Å²) < 4.78 is 7.30. The molecular formula is C8H13N3O2. The molecule has 2 unspecified atom stereocenters. The molecule has 2 atom stereocenters. The fourth-order valence-electron chi connectivity index (χ4n) is 1.58. The average molecular weight is 183 g/mol. The van der Waals surface area contributed by atoms with E-state index in [0.717, 1.165) is 19.4 Å². The third kappa shape index (κ3) is 2.05. The number of nitrogens with zero attached hydrogens (tertiary/aromatic N) is 3. The van der Waals surface area contributed by atoms with Gasteiger partial charge in [-0.25, -0.2) is 4.98 Å². The monoisotopic (exact) mass is 183 g/mol. The zero-order valence-electron chi connectivity index (χ0n) is 7.33. The van der Waals surface area contributed by atoms with Crippen molar-refractivity contribution in [3.05, 3.63) is 12.7 Å². The van der Waals surface area contributed by atoms with Crippen LogP contribution >= 0.6 is 0 Å². The van der Waals surface area contributed by atoms with E-state index in [2.05, 4.69) is 10.1 Å². The molecule has 1 aliphatic heterocycles. The molecule has 1 fully saturated rings. The number of aliphatic hydroxyl groups excluding tert-OH is 1. The molecule has 13 heavy (non-hydrogen) atoms. The van der Waals surface area contributed by atoms with Crippen LogP contribution in [0, 0.1) is 0 Å². The summed E-state index contributed by atoms with van der Waals surface area (Å²) >= 11 is 0. The topological polar surface area (TPSA) is 60.2 Å². The maximum atomic E-state index is 8.85. The Balaban J connectivity index is 1.84. The highest BCUT2D eigenvalue weighted by atomic mass is 16.5. The van der Waals surface area contributed by atoms with Gasteiger partial charge in [0.2, 0.25) is 0 Å². The van der Waals surface area contributed by atoms with Crippen molar-refractivity contribution in [2.24, 2.45) is 0 Å². The van der Waals surface area contributed by atoms with Gasteiger partial charge in [-0.1, -0.05) is 0 Å². The quantitative estimate of drug-likeness (QED) is 0.706. The van der Waals surface area contributed by atoms with Gasteiger partial charge in [-0.15, -0.1) is 0 Å². The zero-order chi connectivity index (χ0) is 9.10. The average Bonchev–Trinajstić information content (AvgIpc) is 2.76. The van der Waals surface area contributed by atoms with Crippen molar-refractivity contribution in [3.8, 4) is 0 Å². The minimum atomic E-state index is 0.0218. The molecule has 5 heteroatoms. The predicted octanol–water partition coefficient (Wildman–Crippen LogP) is -0.182. The van der Waals surface area contributed by atoms with Gasteiger partial charge in [0.05, 0.1) is 25.4 Å². The largest absolute Gasteiger partial charge is 0.394 e. The lowest BCUT2D eigenvalue weighted by molar-refractivity contribution is 0.00358. The molecule has 0 saturated carbocycles. The van der Waals surface area contributed by atoms with Crippen LogP contribution in [0.1, 0.15) is 12.8 Å². The smallest absolute Gasteiger partial charge is 0.137 e. The number of aromatic nitrogens is 3. The van der Waals surface area contributed by atoms with Crippen LogP contribution in [0.2, 0.25) is 0 Å². The van der Waals surface area contributed by atoms with Gasteiger partial charge in [-0.3, -0.25) is 4.68 Å². The Morgan fingerprint density at radius 2 is 2.31 bits per heavy atom. The van der Waals surface area contributed by atoms with Crippen LogP contribution in [0.4, 0.5) is 0 Å². The number of hydrogen-bond donors (Lipinski definition) is 1. The molecule has 0 amide bonds. The summed E-state index contributed by atoms with van der Waals surface area (Å²) in [6.45, 7) is 0.852. The van der Waals surface area contributed by atoms with Crippen molar-refractivity contribution < 1.29 is 9.84 Å². The lowest BCUT2D eigenvalue weighted by Crippen LogP contribution is -2.19. The number of rotatable bonds is 3. The van der Waals surface area contributed by atoms with Crippen LogP contribution in [0.5, 0.6) is 0 Å². The molecule has 2 rings (SSSR count). The van der Waals surface area contributed by atoms with Gasteiger partial charge in [0.25, 0.3) is 0 Å². The SMILES string of the molecule is OCC1CCC(Cn2cncn2)O1. The van der Waals surface area contributed by atoms with E-state index in [1.165, 1.54) is 6.33 Å². The Labute approximate surface area is 76.3 Å². The highest BCUT2D eigenvalue weighted by molar-refractivity contribution is 4.73. The van der Waals surface area contributed by atoms with Gasteiger partial charge >= 0.3 is 0 Å². The van der Waals surface area contributed by atoms with Crippen molar-refractivity contribution in [2.45, 2.75) is 31.6 Å². The normalized spacial score (nSPS) is 28.1.